The van der Waals surface area contributed by atoms with Crippen LogP contribution in [0.4, 0.5) is 0 Å². The van der Waals surface area contributed by atoms with Gasteiger partial charge in [-0.2, -0.15) is 0 Å². The molecule has 1 atom stereocenters. The van der Waals surface area contributed by atoms with Crippen molar-refractivity contribution in [1.29, 1.82) is 0 Å². The maximum atomic E-state index is 11.8. The van der Waals surface area contributed by atoms with Crippen molar-refractivity contribution in [1.82, 2.24) is 5.32 Å². The summed E-state index contributed by atoms with van der Waals surface area (Å²) in [4.78, 5) is 24.3. The molecule has 2 rings (SSSR count). The van der Waals surface area contributed by atoms with Crippen LogP contribution in [-0.4, -0.2) is 38.2 Å². The Kier molecular flexibility index (Phi) is 6.78. The van der Waals surface area contributed by atoms with Gasteiger partial charge in [0.1, 0.15) is 0 Å². The van der Waals surface area contributed by atoms with Crippen molar-refractivity contribution in [3.63, 3.8) is 0 Å². The Morgan fingerprint density at radius 1 is 1.38 bits per heavy atom. The third-order valence-corrected chi connectivity index (χ3v) is 4.85. The second kappa shape index (κ2) is 8.82. The smallest absolute Gasteiger partial charge is 0.331 e. The van der Waals surface area contributed by atoms with Gasteiger partial charge in [0, 0.05) is 34.7 Å². The second-order valence-electron chi connectivity index (χ2n) is 4.97. The van der Waals surface area contributed by atoms with Gasteiger partial charge in [-0.05, 0) is 19.1 Å². The largest absolute Gasteiger partial charge is 0.449 e. The summed E-state index contributed by atoms with van der Waals surface area (Å²) < 4.78 is 10.9. The van der Waals surface area contributed by atoms with Crippen LogP contribution in [0.1, 0.15) is 11.8 Å². The third kappa shape index (κ3) is 4.80. The number of hydrogen-bond acceptors (Lipinski definition) is 5. The average Bonchev–Trinajstić information content (AvgIpc) is 2.89. The Labute approximate surface area is 149 Å². The molecule has 0 bridgehead atoms. The van der Waals surface area contributed by atoms with Crippen LogP contribution < -0.4 is 5.32 Å². The summed E-state index contributed by atoms with van der Waals surface area (Å²) in [6, 6.07) is 7.73. The lowest BCUT2D eigenvalue weighted by atomic mass is 10.2. The van der Waals surface area contributed by atoms with Crippen molar-refractivity contribution in [3.8, 4) is 0 Å². The molecule has 0 saturated heterocycles. The maximum absolute atomic E-state index is 11.8. The number of thiophene rings is 1. The lowest BCUT2D eigenvalue weighted by Crippen LogP contribution is -2.37. The molecule has 24 heavy (non-hydrogen) atoms. The highest BCUT2D eigenvalue weighted by molar-refractivity contribution is 7.20. The first-order chi connectivity index (χ1) is 11.5. The monoisotopic (exact) mass is 367 g/mol. The number of hydrogen-bond donors (Lipinski definition) is 1. The molecule has 5 nitrogen and oxygen atoms in total. The number of methoxy groups -OCH3 is 1. The molecule has 0 aliphatic heterocycles. The molecule has 1 heterocycles. The summed E-state index contributed by atoms with van der Waals surface area (Å²) in [6.45, 7) is 2.28. The number of benzene rings is 1. The highest BCUT2D eigenvalue weighted by atomic mass is 35.5. The van der Waals surface area contributed by atoms with Gasteiger partial charge in [0.25, 0.3) is 5.91 Å². The molecule has 2 aromatic rings. The minimum Gasteiger partial charge on any atom is -0.449 e. The molecule has 0 radical (unpaired) electrons. The molecule has 1 aromatic carbocycles. The quantitative estimate of drug-likeness (QED) is 0.463. The Bertz CT molecular complexity index is 756. The number of nitrogens with one attached hydrogen (secondary N) is 1. The highest BCUT2D eigenvalue weighted by Gasteiger charge is 2.16. The molecular weight excluding hydrogens is 350 g/mol. The van der Waals surface area contributed by atoms with Crippen LogP contribution in [0, 0.1) is 0 Å². The zero-order chi connectivity index (χ0) is 17.5. The van der Waals surface area contributed by atoms with Gasteiger partial charge in [-0.3, -0.25) is 4.79 Å². The number of rotatable bonds is 7. The molecule has 0 unspecified atom stereocenters. The summed E-state index contributed by atoms with van der Waals surface area (Å²) >= 11 is 7.78. The molecule has 0 aliphatic rings. The first-order valence-electron chi connectivity index (χ1n) is 7.35. The molecule has 0 saturated carbocycles. The van der Waals surface area contributed by atoms with Gasteiger partial charge >= 0.3 is 5.97 Å². The zero-order valence-corrected chi connectivity index (χ0v) is 14.9. The van der Waals surface area contributed by atoms with Gasteiger partial charge in [0.05, 0.1) is 11.6 Å². The highest BCUT2D eigenvalue weighted by Crippen LogP contribution is 2.35. The van der Waals surface area contributed by atoms with Crippen LogP contribution in [0.2, 0.25) is 5.02 Å². The van der Waals surface area contributed by atoms with E-state index in [1.165, 1.54) is 24.3 Å². The molecule has 1 N–H and O–H groups in total. The van der Waals surface area contributed by atoms with Crippen LogP contribution in [0.25, 0.3) is 16.2 Å². The van der Waals surface area contributed by atoms with E-state index in [9.17, 15) is 9.59 Å². The van der Waals surface area contributed by atoms with Crippen LogP contribution in [0.5, 0.6) is 0 Å². The van der Waals surface area contributed by atoms with Crippen molar-refractivity contribution >= 4 is 51.0 Å². The van der Waals surface area contributed by atoms with Gasteiger partial charge in [-0.25, -0.2) is 4.79 Å². The Balaban J connectivity index is 1.94. The van der Waals surface area contributed by atoms with E-state index in [1.807, 2.05) is 24.3 Å². The third-order valence-electron chi connectivity index (χ3n) is 3.20. The molecule has 1 aromatic heterocycles. The van der Waals surface area contributed by atoms with Crippen LogP contribution in [-0.2, 0) is 19.1 Å². The standard InChI is InChI=1S/C17H18ClNO4S/c1-11(17(21)19-9-10-22-2)23-15(20)8-7-14-16(18)12-5-3-4-6-13(12)24-14/h3-8,11H,9-10H2,1-2H3,(H,19,21)/b8-7+/t11-/m0/s1. The number of esters is 1. The Morgan fingerprint density at radius 2 is 2.12 bits per heavy atom. The van der Waals surface area contributed by atoms with E-state index in [-0.39, 0.29) is 5.91 Å². The van der Waals surface area contributed by atoms with E-state index in [2.05, 4.69) is 5.32 Å². The second-order valence-corrected chi connectivity index (χ2v) is 6.43. The number of fused-ring (bicyclic) bond motifs is 1. The van der Waals surface area contributed by atoms with Gasteiger partial charge in [0.2, 0.25) is 0 Å². The molecule has 0 spiro atoms. The number of halogens is 1. The molecular formula is C17H18ClNO4S. The first-order valence-corrected chi connectivity index (χ1v) is 8.54. The van der Waals surface area contributed by atoms with Crippen LogP contribution in [0.3, 0.4) is 0 Å². The van der Waals surface area contributed by atoms with Crippen molar-refractivity contribution in [2.75, 3.05) is 20.3 Å². The molecule has 7 heteroatoms. The fraction of sp³-hybridized carbons (Fsp3) is 0.294. The SMILES string of the molecule is COCCNC(=O)[C@H](C)OC(=O)/C=C/c1sc2ccccc2c1Cl. The van der Waals surface area contributed by atoms with Crippen LogP contribution in [0.15, 0.2) is 30.3 Å². The predicted molar refractivity (Wildman–Crippen MR) is 96.3 cm³/mol. The molecule has 0 aliphatic carbocycles. The Morgan fingerprint density at radius 3 is 2.83 bits per heavy atom. The Hall–Kier alpha value is -1.89. The van der Waals surface area contributed by atoms with E-state index in [1.54, 1.807) is 13.2 Å². The molecule has 0 fully saturated rings. The number of carbonyl (C=O) groups is 2. The summed E-state index contributed by atoms with van der Waals surface area (Å²) in [6.07, 6.45) is 2.00. The summed E-state index contributed by atoms with van der Waals surface area (Å²) in [5, 5.41) is 4.15. The van der Waals surface area contributed by atoms with Gasteiger partial charge in [0.15, 0.2) is 6.10 Å². The van der Waals surface area contributed by atoms with E-state index in [0.29, 0.717) is 18.2 Å². The number of amides is 1. The fourth-order valence-electron chi connectivity index (χ4n) is 1.97. The van der Waals surface area contributed by atoms with Gasteiger partial charge in [-0.1, -0.05) is 29.8 Å². The summed E-state index contributed by atoms with van der Waals surface area (Å²) in [7, 11) is 1.54. The normalized spacial score (nSPS) is 12.5. The lowest BCUT2D eigenvalue weighted by Gasteiger charge is -2.11. The minimum atomic E-state index is -0.878. The van der Waals surface area contributed by atoms with Gasteiger partial charge < -0.3 is 14.8 Å². The predicted octanol–water partition coefficient (Wildman–Crippen LogP) is 3.26. The van der Waals surface area contributed by atoms with Crippen molar-refractivity contribution in [2.24, 2.45) is 0 Å². The van der Waals surface area contributed by atoms with E-state index >= 15 is 0 Å². The topological polar surface area (TPSA) is 64.6 Å². The summed E-state index contributed by atoms with van der Waals surface area (Å²) in [5.74, 6) is -0.966. The number of ether oxygens (including phenoxy) is 2. The first kappa shape index (κ1) is 18.4. The van der Waals surface area contributed by atoms with E-state index < -0.39 is 12.1 Å². The van der Waals surface area contributed by atoms with Crippen LogP contribution >= 0.6 is 22.9 Å². The van der Waals surface area contributed by atoms with Crippen molar-refractivity contribution in [2.45, 2.75) is 13.0 Å². The summed E-state index contributed by atoms with van der Waals surface area (Å²) in [5.41, 5.74) is 0. The van der Waals surface area contributed by atoms with E-state index in [4.69, 9.17) is 21.1 Å². The lowest BCUT2D eigenvalue weighted by molar-refractivity contribution is -0.150. The van der Waals surface area contributed by atoms with Crippen molar-refractivity contribution < 1.29 is 19.1 Å². The fourth-order valence-corrected chi connectivity index (χ4v) is 3.37. The minimum absolute atomic E-state index is 0.366. The maximum Gasteiger partial charge on any atom is 0.331 e. The zero-order valence-electron chi connectivity index (χ0n) is 13.4. The van der Waals surface area contributed by atoms with E-state index in [0.717, 1.165) is 15.0 Å². The van der Waals surface area contributed by atoms with Gasteiger partial charge in [-0.15, -0.1) is 11.3 Å². The van der Waals surface area contributed by atoms with Crippen molar-refractivity contribution in [3.05, 3.63) is 40.2 Å². The molecule has 1 amide bonds. The number of carbonyl (C=O) groups excluding carboxylic acids is 2. The molecule has 128 valence electrons. The average molecular weight is 368 g/mol.